The summed E-state index contributed by atoms with van der Waals surface area (Å²) in [5, 5.41) is 3.06. The van der Waals surface area contributed by atoms with Gasteiger partial charge in [0.05, 0.1) is 5.92 Å². The molecule has 4 heteroatoms. The molecule has 1 rings (SSSR count). The average Bonchev–Trinajstić information content (AvgIpc) is 2.44. The minimum atomic E-state index is -0.270. The molecule has 0 fully saturated rings. The van der Waals surface area contributed by atoms with E-state index in [9.17, 15) is 4.79 Å². The number of hydrogen-bond acceptors (Lipinski definition) is 3. The van der Waals surface area contributed by atoms with Crippen LogP contribution in [0.3, 0.4) is 0 Å². The van der Waals surface area contributed by atoms with Crippen LogP contribution in [0.1, 0.15) is 31.7 Å². The summed E-state index contributed by atoms with van der Waals surface area (Å²) in [7, 11) is 4.10. The standard InChI is InChI=1S/C17H29N3O/c1-13(2)10-15(20(3)4)12-19-17(21)16(11-18)14-8-6-5-7-9-14/h5-9,13,15-16H,10-12,18H2,1-4H3,(H,19,21). The molecule has 0 aliphatic heterocycles. The Kier molecular flexibility index (Phi) is 7.40. The lowest BCUT2D eigenvalue weighted by Crippen LogP contribution is -2.43. The van der Waals surface area contributed by atoms with Crippen LogP contribution in [-0.4, -0.2) is 44.0 Å². The van der Waals surface area contributed by atoms with E-state index in [-0.39, 0.29) is 11.8 Å². The summed E-state index contributed by atoms with van der Waals surface area (Å²) >= 11 is 0. The second-order valence-corrected chi connectivity index (χ2v) is 6.19. The first-order valence-corrected chi connectivity index (χ1v) is 7.64. The highest BCUT2D eigenvalue weighted by atomic mass is 16.1. The van der Waals surface area contributed by atoms with E-state index in [1.807, 2.05) is 30.3 Å². The molecule has 1 aromatic rings. The molecule has 2 unspecified atom stereocenters. The van der Waals surface area contributed by atoms with Gasteiger partial charge >= 0.3 is 0 Å². The van der Waals surface area contributed by atoms with Gasteiger partial charge in [-0.15, -0.1) is 0 Å². The Morgan fingerprint density at radius 1 is 1.24 bits per heavy atom. The van der Waals surface area contributed by atoms with Gasteiger partial charge in [-0.2, -0.15) is 0 Å². The molecule has 3 N–H and O–H groups in total. The highest BCUT2D eigenvalue weighted by Gasteiger charge is 2.20. The molecule has 0 saturated carbocycles. The zero-order chi connectivity index (χ0) is 15.8. The molecule has 21 heavy (non-hydrogen) atoms. The number of amides is 1. The predicted molar refractivity (Wildman–Crippen MR) is 88.2 cm³/mol. The van der Waals surface area contributed by atoms with Crippen molar-refractivity contribution in [2.75, 3.05) is 27.2 Å². The van der Waals surface area contributed by atoms with E-state index in [4.69, 9.17) is 5.73 Å². The fourth-order valence-electron chi connectivity index (χ4n) is 2.44. The van der Waals surface area contributed by atoms with Crippen LogP contribution in [0.4, 0.5) is 0 Å². The summed E-state index contributed by atoms with van der Waals surface area (Å²) < 4.78 is 0. The molecule has 2 atom stereocenters. The molecule has 1 aromatic carbocycles. The van der Waals surface area contributed by atoms with E-state index in [2.05, 4.69) is 38.2 Å². The predicted octanol–water partition coefficient (Wildman–Crippen LogP) is 1.82. The first-order valence-electron chi connectivity index (χ1n) is 7.64. The van der Waals surface area contributed by atoms with Gasteiger partial charge in [0.2, 0.25) is 5.91 Å². The lowest BCUT2D eigenvalue weighted by molar-refractivity contribution is -0.122. The van der Waals surface area contributed by atoms with Gasteiger partial charge in [-0.05, 0) is 32.0 Å². The summed E-state index contributed by atoms with van der Waals surface area (Å²) in [6, 6.07) is 10.1. The number of nitrogens with zero attached hydrogens (tertiary/aromatic N) is 1. The summed E-state index contributed by atoms with van der Waals surface area (Å²) in [6.07, 6.45) is 1.06. The van der Waals surface area contributed by atoms with Gasteiger partial charge in [0.25, 0.3) is 0 Å². The molecule has 0 aromatic heterocycles. The number of carbonyl (C=O) groups is 1. The SMILES string of the molecule is CC(C)CC(CNC(=O)C(CN)c1ccccc1)N(C)C. The Hall–Kier alpha value is -1.39. The normalized spacial score (nSPS) is 14.2. The first-order chi connectivity index (χ1) is 9.95. The molecule has 0 radical (unpaired) electrons. The molecule has 4 nitrogen and oxygen atoms in total. The van der Waals surface area contributed by atoms with Crippen LogP contribution in [-0.2, 0) is 4.79 Å². The van der Waals surface area contributed by atoms with Crippen LogP contribution >= 0.6 is 0 Å². The number of likely N-dealkylation sites (N-methyl/N-ethyl adjacent to an activating group) is 1. The van der Waals surface area contributed by atoms with Crippen molar-refractivity contribution in [1.82, 2.24) is 10.2 Å². The Morgan fingerprint density at radius 2 is 1.86 bits per heavy atom. The smallest absolute Gasteiger partial charge is 0.228 e. The number of rotatable bonds is 8. The zero-order valence-corrected chi connectivity index (χ0v) is 13.7. The Bertz CT molecular complexity index is 417. The lowest BCUT2D eigenvalue weighted by Gasteiger charge is -2.27. The third kappa shape index (κ3) is 5.86. The number of carbonyl (C=O) groups excluding carboxylic acids is 1. The minimum Gasteiger partial charge on any atom is -0.354 e. The van der Waals surface area contributed by atoms with Crippen molar-refractivity contribution in [3.05, 3.63) is 35.9 Å². The second kappa shape index (κ2) is 8.80. The third-order valence-electron chi connectivity index (χ3n) is 3.74. The van der Waals surface area contributed by atoms with Gasteiger partial charge in [0.1, 0.15) is 0 Å². The van der Waals surface area contributed by atoms with Crippen LogP contribution in [0.15, 0.2) is 30.3 Å². The molecule has 0 spiro atoms. The van der Waals surface area contributed by atoms with Gasteiger partial charge in [-0.3, -0.25) is 4.79 Å². The van der Waals surface area contributed by atoms with Crippen molar-refractivity contribution in [2.45, 2.75) is 32.2 Å². The van der Waals surface area contributed by atoms with E-state index in [0.29, 0.717) is 25.0 Å². The van der Waals surface area contributed by atoms with Gasteiger partial charge in [0, 0.05) is 19.1 Å². The summed E-state index contributed by atoms with van der Waals surface area (Å²) in [5.74, 6) is 0.348. The number of nitrogens with two attached hydrogens (primary N) is 1. The maximum Gasteiger partial charge on any atom is 0.228 e. The molecule has 0 saturated heterocycles. The maximum absolute atomic E-state index is 12.4. The lowest BCUT2D eigenvalue weighted by atomic mass is 9.98. The monoisotopic (exact) mass is 291 g/mol. The molecular weight excluding hydrogens is 262 g/mol. The highest BCUT2D eigenvalue weighted by molar-refractivity contribution is 5.83. The third-order valence-corrected chi connectivity index (χ3v) is 3.74. The van der Waals surface area contributed by atoms with Crippen LogP contribution in [0.5, 0.6) is 0 Å². The zero-order valence-electron chi connectivity index (χ0n) is 13.7. The molecule has 0 heterocycles. The topological polar surface area (TPSA) is 58.4 Å². The fourth-order valence-corrected chi connectivity index (χ4v) is 2.44. The van der Waals surface area contributed by atoms with Crippen molar-refractivity contribution in [2.24, 2.45) is 11.7 Å². The van der Waals surface area contributed by atoms with E-state index in [1.165, 1.54) is 0 Å². The van der Waals surface area contributed by atoms with Gasteiger partial charge in [-0.1, -0.05) is 44.2 Å². The van der Waals surface area contributed by atoms with Gasteiger partial charge in [0.15, 0.2) is 0 Å². The largest absolute Gasteiger partial charge is 0.354 e. The molecule has 0 aliphatic rings. The van der Waals surface area contributed by atoms with Gasteiger partial charge < -0.3 is 16.0 Å². The molecule has 0 aliphatic carbocycles. The Labute approximate surface area is 128 Å². The molecular formula is C17H29N3O. The molecule has 1 amide bonds. The second-order valence-electron chi connectivity index (χ2n) is 6.19. The van der Waals surface area contributed by atoms with E-state index >= 15 is 0 Å². The molecule has 0 bridgehead atoms. The summed E-state index contributed by atoms with van der Waals surface area (Å²) in [4.78, 5) is 14.5. The van der Waals surface area contributed by atoms with E-state index in [1.54, 1.807) is 0 Å². The van der Waals surface area contributed by atoms with Gasteiger partial charge in [-0.25, -0.2) is 0 Å². The van der Waals surface area contributed by atoms with Crippen molar-refractivity contribution >= 4 is 5.91 Å². The van der Waals surface area contributed by atoms with E-state index in [0.717, 1.165) is 12.0 Å². The number of benzene rings is 1. The Balaban J connectivity index is 2.62. The number of hydrogen-bond donors (Lipinski definition) is 2. The fraction of sp³-hybridized carbons (Fsp3) is 0.588. The maximum atomic E-state index is 12.4. The summed E-state index contributed by atoms with van der Waals surface area (Å²) in [5.41, 5.74) is 6.76. The van der Waals surface area contributed by atoms with Crippen molar-refractivity contribution in [3.8, 4) is 0 Å². The first kappa shape index (κ1) is 17.7. The van der Waals surface area contributed by atoms with E-state index < -0.39 is 0 Å². The van der Waals surface area contributed by atoms with Crippen LogP contribution in [0.25, 0.3) is 0 Å². The van der Waals surface area contributed by atoms with Crippen molar-refractivity contribution < 1.29 is 4.79 Å². The van der Waals surface area contributed by atoms with Crippen LogP contribution < -0.4 is 11.1 Å². The van der Waals surface area contributed by atoms with Crippen molar-refractivity contribution in [3.63, 3.8) is 0 Å². The van der Waals surface area contributed by atoms with Crippen molar-refractivity contribution in [1.29, 1.82) is 0 Å². The molecule has 118 valence electrons. The quantitative estimate of drug-likeness (QED) is 0.768. The Morgan fingerprint density at radius 3 is 2.33 bits per heavy atom. The summed E-state index contributed by atoms with van der Waals surface area (Å²) in [6.45, 7) is 5.38. The highest BCUT2D eigenvalue weighted by Crippen LogP contribution is 2.14. The van der Waals surface area contributed by atoms with Crippen LogP contribution in [0, 0.1) is 5.92 Å². The number of nitrogens with one attached hydrogen (secondary N) is 1. The minimum absolute atomic E-state index is 0.0132. The average molecular weight is 291 g/mol. The van der Waals surface area contributed by atoms with Crippen LogP contribution in [0.2, 0.25) is 0 Å².